The molecule has 16 nitrogen and oxygen atoms in total. The van der Waals surface area contributed by atoms with Crippen molar-refractivity contribution >= 4 is 70.1 Å². The van der Waals surface area contributed by atoms with Crippen LogP contribution in [-0.2, 0) is 64.6 Å². The smallest absolute Gasteiger partial charge is 0.542 e. The molecule has 0 unspecified atom stereocenters. The summed E-state index contributed by atoms with van der Waals surface area (Å²) in [6, 6.07) is 32.1. The molecule has 4 aromatic carbocycles. The van der Waals surface area contributed by atoms with Crippen LogP contribution in [0.2, 0.25) is 0 Å². The molecule has 17 heteroatoms. The van der Waals surface area contributed by atoms with E-state index in [-0.39, 0.29) is 26.2 Å². The van der Waals surface area contributed by atoms with Crippen molar-refractivity contribution in [3.05, 3.63) is 144 Å². The maximum Gasteiger partial charge on any atom is 4.00 e. The van der Waals surface area contributed by atoms with Gasteiger partial charge in [0.05, 0.1) is 25.7 Å². The number of ketones is 8. The molecule has 0 atom stereocenters. The first kappa shape index (κ1) is 50.0. The molecule has 0 heterocycles. The third kappa shape index (κ3) is 20.3. The Morgan fingerprint density at radius 1 is 0.281 bits per heavy atom. The summed E-state index contributed by atoms with van der Waals surface area (Å²) in [7, 11) is 0. The summed E-state index contributed by atoms with van der Waals surface area (Å²) in [5.41, 5.74) is 1.29. The maximum absolute atomic E-state index is 11.2. The van der Waals surface area contributed by atoms with E-state index in [1.165, 1.54) is 48.5 Å². The third-order valence-corrected chi connectivity index (χ3v) is 6.58. The molecule has 0 saturated carbocycles. The third-order valence-electron chi connectivity index (χ3n) is 6.58. The second kappa shape index (κ2) is 26.7. The van der Waals surface area contributed by atoms with Gasteiger partial charge in [-0.25, -0.2) is 0 Å². The number of carbonyl (C=O) groups excluding carboxylic acids is 12. The monoisotopic (exact) mass is 854 g/mol. The average Bonchev–Trinajstić information content (AvgIpc) is 3.19. The van der Waals surface area contributed by atoms with E-state index in [9.17, 15) is 78.0 Å². The van der Waals surface area contributed by atoms with E-state index in [0.717, 1.165) is 0 Å². The molecule has 0 saturated heterocycles. The van der Waals surface area contributed by atoms with Gasteiger partial charge in [0.1, 0.15) is 23.9 Å². The van der Waals surface area contributed by atoms with E-state index in [1.54, 1.807) is 72.8 Å². The maximum atomic E-state index is 11.2. The van der Waals surface area contributed by atoms with Crippen LogP contribution in [0.3, 0.4) is 0 Å². The van der Waals surface area contributed by atoms with Crippen LogP contribution >= 0.6 is 0 Å². The Kier molecular flexibility index (Phi) is 23.4. The Balaban J connectivity index is 0.000000729. The fraction of sp³-hybridized carbons (Fsp3) is 0.100. The number of rotatable bonds is 16. The molecule has 4 rings (SSSR count). The van der Waals surface area contributed by atoms with Gasteiger partial charge < -0.3 is 39.6 Å². The second-order valence-corrected chi connectivity index (χ2v) is 10.7. The first-order chi connectivity index (χ1) is 26.4. The summed E-state index contributed by atoms with van der Waals surface area (Å²) in [6.45, 7) is 0. The molecule has 57 heavy (non-hydrogen) atoms. The molecular formula is C40H28O16Zr. The molecule has 4 aromatic rings. The molecule has 0 N–H and O–H groups in total. The summed E-state index contributed by atoms with van der Waals surface area (Å²) < 4.78 is 0. The standard InChI is InChI=1S/4C10H8O4.Zr/c4*11-8(6-9(12)10(13)14)7-4-2-1-3-5-7;/h4*1-5H,6H2,(H,13,14);/q;;;;+4/p-4. The van der Waals surface area contributed by atoms with Crippen molar-refractivity contribution in [1.82, 2.24) is 0 Å². The van der Waals surface area contributed by atoms with E-state index in [2.05, 4.69) is 0 Å². The van der Waals surface area contributed by atoms with Crippen LogP contribution in [0.4, 0.5) is 0 Å². The normalized spacial score (nSPS) is 9.26. The van der Waals surface area contributed by atoms with Crippen LogP contribution in [0.1, 0.15) is 67.1 Å². The average molecular weight is 856 g/mol. The fourth-order valence-electron chi connectivity index (χ4n) is 3.78. The van der Waals surface area contributed by atoms with Crippen molar-refractivity contribution in [3.63, 3.8) is 0 Å². The first-order valence-corrected chi connectivity index (χ1v) is 15.7. The summed E-state index contributed by atoms with van der Waals surface area (Å²) in [4.78, 5) is 128. The zero-order chi connectivity index (χ0) is 42.2. The van der Waals surface area contributed by atoms with Gasteiger partial charge in [-0.2, -0.15) is 0 Å². The minimum atomic E-state index is -1.82. The summed E-state index contributed by atoms with van der Waals surface area (Å²) >= 11 is 0. The number of carboxylic acid groups (broad SMARTS) is 4. The topological polar surface area (TPSA) is 297 Å². The molecule has 0 fully saturated rings. The van der Waals surface area contributed by atoms with Crippen LogP contribution in [0, 0.1) is 0 Å². The molecule has 0 aliphatic heterocycles. The van der Waals surface area contributed by atoms with Gasteiger partial charge >= 0.3 is 26.2 Å². The molecule has 0 spiro atoms. The van der Waals surface area contributed by atoms with E-state index in [1.807, 2.05) is 0 Å². The van der Waals surface area contributed by atoms with Crippen molar-refractivity contribution in [2.75, 3.05) is 0 Å². The largest absolute Gasteiger partial charge is 4.00 e. The van der Waals surface area contributed by atoms with Gasteiger partial charge in [0.2, 0.25) is 0 Å². The van der Waals surface area contributed by atoms with Crippen LogP contribution in [0.15, 0.2) is 121 Å². The molecule has 0 bridgehead atoms. The summed E-state index contributed by atoms with van der Waals surface area (Å²) in [6.07, 6.45) is -2.59. The van der Waals surface area contributed by atoms with Gasteiger partial charge in [0.25, 0.3) is 0 Å². The van der Waals surface area contributed by atoms with E-state index in [0.29, 0.717) is 22.3 Å². The fourth-order valence-corrected chi connectivity index (χ4v) is 3.78. The summed E-state index contributed by atoms with van der Waals surface area (Å²) in [5, 5.41) is 40.2. The van der Waals surface area contributed by atoms with Crippen molar-refractivity contribution in [2.45, 2.75) is 25.7 Å². The molecule has 288 valence electrons. The predicted molar refractivity (Wildman–Crippen MR) is 182 cm³/mol. The van der Waals surface area contributed by atoms with Gasteiger partial charge in [0, 0.05) is 22.3 Å². The predicted octanol–water partition coefficient (Wildman–Crippen LogP) is -1.69. The molecule has 0 aliphatic carbocycles. The van der Waals surface area contributed by atoms with Gasteiger partial charge in [-0.05, 0) is 0 Å². The zero-order valence-corrected chi connectivity index (χ0v) is 31.9. The number of carbonyl (C=O) groups is 12. The molecule has 0 radical (unpaired) electrons. The van der Waals surface area contributed by atoms with E-state index >= 15 is 0 Å². The van der Waals surface area contributed by atoms with E-state index < -0.39 is 95.8 Å². The Hall–Kier alpha value is -7.00. The van der Waals surface area contributed by atoms with Crippen LogP contribution in [0.5, 0.6) is 0 Å². The van der Waals surface area contributed by atoms with Crippen molar-refractivity contribution in [1.29, 1.82) is 0 Å². The van der Waals surface area contributed by atoms with Crippen molar-refractivity contribution < 1.29 is 104 Å². The molecule has 0 amide bonds. The number of carboxylic acids is 4. The Bertz CT molecular complexity index is 1780. The molecule has 0 aliphatic rings. The van der Waals surface area contributed by atoms with Gasteiger partial charge in [-0.15, -0.1) is 0 Å². The Morgan fingerprint density at radius 2 is 0.421 bits per heavy atom. The molecule has 0 aromatic heterocycles. The van der Waals surface area contributed by atoms with Crippen molar-refractivity contribution in [2.24, 2.45) is 0 Å². The SMILES string of the molecule is O=C([O-])C(=O)CC(=O)c1ccccc1.O=C([O-])C(=O)CC(=O)c1ccccc1.O=C([O-])C(=O)CC(=O)c1ccccc1.O=C([O-])C(=O)CC(=O)c1ccccc1.[Zr+4]. The first-order valence-electron chi connectivity index (χ1n) is 15.7. The van der Waals surface area contributed by atoms with E-state index in [4.69, 9.17) is 0 Å². The van der Waals surface area contributed by atoms with Gasteiger partial charge in [-0.3, -0.25) is 38.4 Å². The quantitative estimate of drug-likeness (QED) is 0.0690. The van der Waals surface area contributed by atoms with Crippen LogP contribution in [0.25, 0.3) is 0 Å². The molecular weight excluding hydrogens is 828 g/mol. The zero-order valence-electron chi connectivity index (χ0n) is 29.4. The Labute approximate surface area is 342 Å². The minimum Gasteiger partial charge on any atom is -0.542 e. The van der Waals surface area contributed by atoms with Crippen LogP contribution < -0.4 is 20.4 Å². The van der Waals surface area contributed by atoms with Gasteiger partial charge in [0.15, 0.2) is 46.3 Å². The number of Topliss-reactive ketones (excluding diaryl/α,β-unsaturated/α-hetero) is 8. The van der Waals surface area contributed by atoms with Crippen molar-refractivity contribution in [3.8, 4) is 0 Å². The Morgan fingerprint density at radius 3 is 0.544 bits per heavy atom. The van der Waals surface area contributed by atoms with Gasteiger partial charge in [-0.1, -0.05) is 121 Å². The number of benzene rings is 4. The number of hydrogen-bond donors (Lipinski definition) is 0. The number of aliphatic carboxylic acids is 4. The number of hydrogen-bond acceptors (Lipinski definition) is 16. The second-order valence-electron chi connectivity index (χ2n) is 10.7. The summed E-state index contributed by atoms with van der Waals surface area (Å²) in [5.74, 6) is -14.1. The van der Waals surface area contributed by atoms with Crippen LogP contribution in [-0.4, -0.2) is 70.1 Å². The minimum absolute atomic E-state index is 0.